The van der Waals surface area contributed by atoms with E-state index < -0.39 is 0 Å². The van der Waals surface area contributed by atoms with E-state index in [1.807, 2.05) is 48.1 Å². The van der Waals surface area contributed by atoms with E-state index in [2.05, 4.69) is 25.7 Å². The van der Waals surface area contributed by atoms with Crippen molar-refractivity contribution in [2.24, 2.45) is 0 Å². The van der Waals surface area contributed by atoms with Crippen molar-refractivity contribution in [1.82, 2.24) is 25.1 Å². The van der Waals surface area contributed by atoms with Gasteiger partial charge in [0.2, 0.25) is 0 Å². The second-order valence-electron chi connectivity index (χ2n) is 6.83. The molecule has 2 aromatic heterocycles. The lowest BCUT2D eigenvalue weighted by Gasteiger charge is -2.14. The van der Waals surface area contributed by atoms with Crippen LogP contribution in [-0.2, 0) is 4.74 Å². The molecular weight excluding hydrogens is 370 g/mol. The van der Waals surface area contributed by atoms with Crippen LogP contribution in [-0.4, -0.2) is 52.6 Å². The lowest BCUT2D eigenvalue weighted by atomic mass is 10.2. The summed E-state index contributed by atoms with van der Waals surface area (Å²) in [6.07, 6.45) is 5.38. The number of nitrogens with zero attached hydrogens (tertiary/aromatic N) is 5. The first kappa shape index (κ1) is 18.9. The first-order chi connectivity index (χ1) is 14.1. The molecule has 1 saturated heterocycles. The highest BCUT2D eigenvalue weighted by molar-refractivity contribution is 5.94. The summed E-state index contributed by atoms with van der Waals surface area (Å²) in [6, 6.07) is 9.54. The van der Waals surface area contributed by atoms with Crippen LogP contribution >= 0.6 is 0 Å². The molecule has 9 nitrogen and oxygen atoms in total. The van der Waals surface area contributed by atoms with Gasteiger partial charge in [0.15, 0.2) is 5.82 Å². The molecule has 1 aromatic carbocycles. The van der Waals surface area contributed by atoms with Crippen molar-refractivity contribution in [2.75, 3.05) is 37.0 Å². The zero-order valence-corrected chi connectivity index (χ0v) is 16.4. The lowest BCUT2D eigenvalue weighted by molar-refractivity contribution is 0.157. The Hall–Kier alpha value is -3.46. The number of hydrogen-bond acceptors (Lipinski definition) is 6. The molecule has 1 atom stereocenters. The van der Waals surface area contributed by atoms with Crippen molar-refractivity contribution < 1.29 is 9.53 Å². The minimum atomic E-state index is -0.0689. The Balaban J connectivity index is 1.48. The molecule has 1 unspecified atom stereocenters. The molecule has 0 bridgehead atoms. The number of aromatic nitrogens is 4. The van der Waals surface area contributed by atoms with E-state index in [1.165, 1.54) is 0 Å². The molecule has 9 heteroatoms. The average molecular weight is 393 g/mol. The fourth-order valence-corrected chi connectivity index (χ4v) is 3.18. The van der Waals surface area contributed by atoms with Crippen LogP contribution < -0.4 is 15.5 Å². The van der Waals surface area contributed by atoms with E-state index in [-0.39, 0.29) is 12.1 Å². The Morgan fingerprint density at radius 1 is 1.28 bits per heavy atom. The van der Waals surface area contributed by atoms with Gasteiger partial charge in [-0.05, 0) is 37.3 Å². The van der Waals surface area contributed by atoms with Gasteiger partial charge in [-0.3, -0.25) is 9.58 Å². The Morgan fingerprint density at radius 2 is 2.10 bits per heavy atom. The number of carbonyl (C=O) groups is 1. The van der Waals surface area contributed by atoms with Gasteiger partial charge in [0.25, 0.3) is 0 Å². The van der Waals surface area contributed by atoms with Crippen LogP contribution in [0.15, 0.2) is 48.9 Å². The van der Waals surface area contributed by atoms with Gasteiger partial charge in [-0.15, -0.1) is 0 Å². The third kappa shape index (κ3) is 4.19. The van der Waals surface area contributed by atoms with Gasteiger partial charge in [-0.25, -0.2) is 14.8 Å². The predicted octanol–water partition coefficient (Wildman–Crippen LogP) is 2.82. The van der Waals surface area contributed by atoms with Crippen molar-refractivity contribution in [2.45, 2.75) is 13.0 Å². The van der Waals surface area contributed by atoms with Crippen LogP contribution in [0.3, 0.4) is 0 Å². The molecular formula is C20H23N7O2. The standard InChI is InChI=1S/C20H23N7O2/c1-14(13-29-2)27-12-16(11-23-27)24-18-7-8-21-19(25-18)15-3-5-17(6-4-15)26-10-9-22-20(26)28/h3-8,11-12,14H,9-10,13H2,1-2H3,(H,22,28)(H,21,24,25). The summed E-state index contributed by atoms with van der Waals surface area (Å²) in [5, 5.41) is 10.4. The molecule has 0 spiro atoms. The molecule has 1 aliphatic heterocycles. The third-order valence-corrected chi connectivity index (χ3v) is 4.68. The Bertz CT molecular complexity index is 987. The normalized spacial score (nSPS) is 14.7. The number of amides is 2. The van der Waals surface area contributed by atoms with E-state index in [9.17, 15) is 4.79 Å². The zero-order valence-electron chi connectivity index (χ0n) is 16.4. The largest absolute Gasteiger partial charge is 0.382 e. The Morgan fingerprint density at radius 3 is 2.83 bits per heavy atom. The molecule has 150 valence electrons. The minimum absolute atomic E-state index is 0.0689. The molecule has 29 heavy (non-hydrogen) atoms. The molecule has 2 amide bonds. The van der Waals surface area contributed by atoms with Gasteiger partial charge in [0, 0.05) is 43.8 Å². The molecule has 0 radical (unpaired) electrons. The topological polar surface area (TPSA) is 97.2 Å². The number of benzene rings is 1. The van der Waals surface area contributed by atoms with E-state index in [0.717, 1.165) is 16.9 Å². The maximum Gasteiger partial charge on any atom is 0.321 e. The highest BCUT2D eigenvalue weighted by Gasteiger charge is 2.20. The number of carbonyl (C=O) groups excluding carboxylic acids is 1. The summed E-state index contributed by atoms with van der Waals surface area (Å²) in [4.78, 5) is 22.5. The summed E-state index contributed by atoms with van der Waals surface area (Å²) < 4.78 is 7.02. The highest BCUT2D eigenvalue weighted by atomic mass is 16.5. The smallest absolute Gasteiger partial charge is 0.321 e. The monoisotopic (exact) mass is 393 g/mol. The van der Waals surface area contributed by atoms with Gasteiger partial charge < -0.3 is 15.4 Å². The number of nitrogens with one attached hydrogen (secondary N) is 2. The second-order valence-corrected chi connectivity index (χ2v) is 6.83. The van der Waals surface area contributed by atoms with Gasteiger partial charge >= 0.3 is 6.03 Å². The van der Waals surface area contributed by atoms with Crippen LogP contribution in [0.1, 0.15) is 13.0 Å². The van der Waals surface area contributed by atoms with Crippen LogP contribution in [0.5, 0.6) is 0 Å². The number of anilines is 3. The van der Waals surface area contributed by atoms with Crippen LogP contribution in [0.4, 0.5) is 22.0 Å². The van der Waals surface area contributed by atoms with Crippen LogP contribution in [0.2, 0.25) is 0 Å². The van der Waals surface area contributed by atoms with Gasteiger partial charge in [0.1, 0.15) is 5.82 Å². The maximum absolute atomic E-state index is 11.8. The minimum Gasteiger partial charge on any atom is -0.382 e. The Labute approximate surface area is 168 Å². The molecule has 1 aliphatic rings. The summed E-state index contributed by atoms with van der Waals surface area (Å²) in [7, 11) is 1.67. The SMILES string of the molecule is COCC(C)n1cc(Nc2ccnc(-c3ccc(N4CCNC4=O)cc3)n2)cn1. The number of methoxy groups -OCH3 is 1. The van der Waals surface area contributed by atoms with E-state index >= 15 is 0 Å². The Kier molecular flexibility index (Phi) is 5.39. The molecule has 4 rings (SSSR count). The van der Waals surface area contributed by atoms with Crippen molar-refractivity contribution in [3.05, 3.63) is 48.9 Å². The molecule has 0 saturated carbocycles. The number of ether oxygens (including phenoxy) is 1. The second kappa shape index (κ2) is 8.27. The van der Waals surface area contributed by atoms with Crippen molar-refractivity contribution in [1.29, 1.82) is 0 Å². The third-order valence-electron chi connectivity index (χ3n) is 4.68. The molecule has 3 aromatic rings. The van der Waals surface area contributed by atoms with Crippen LogP contribution in [0, 0.1) is 0 Å². The van der Waals surface area contributed by atoms with Crippen molar-refractivity contribution in [3.63, 3.8) is 0 Å². The van der Waals surface area contributed by atoms with E-state index in [0.29, 0.717) is 31.3 Å². The predicted molar refractivity (Wildman–Crippen MR) is 110 cm³/mol. The molecule has 1 fully saturated rings. The van der Waals surface area contributed by atoms with Crippen LogP contribution in [0.25, 0.3) is 11.4 Å². The van der Waals surface area contributed by atoms with E-state index in [1.54, 1.807) is 24.4 Å². The number of hydrogen-bond donors (Lipinski definition) is 2. The number of rotatable bonds is 7. The highest BCUT2D eigenvalue weighted by Crippen LogP contribution is 2.23. The maximum atomic E-state index is 11.8. The van der Waals surface area contributed by atoms with Crippen molar-refractivity contribution in [3.8, 4) is 11.4 Å². The summed E-state index contributed by atoms with van der Waals surface area (Å²) in [6.45, 7) is 3.97. The quantitative estimate of drug-likeness (QED) is 0.641. The fourth-order valence-electron chi connectivity index (χ4n) is 3.18. The first-order valence-electron chi connectivity index (χ1n) is 9.43. The molecule has 2 N–H and O–H groups in total. The summed E-state index contributed by atoms with van der Waals surface area (Å²) in [5.41, 5.74) is 2.57. The fraction of sp³-hybridized carbons (Fsp3) is 0.300. The average Bonchev–Trinajstić information content (AvgIpc) is 3.38. The van der Waals surface area contributed by atoms with Crippen molar-refractivity contribution >= 4 is 23.2 Å². The first-order valence-corrected chi connectivity index (χ1v) is 9.43. The van der Waals surface area contributed by atoms with Gasteiger partial charge in [-0.1, -0.05) is 0 Å². The lowest BCUT2D eigenvalue weighted by Crippen LogP contribution is -2.27. The van der Waals surface area contributed by atoms with E-state index in [4.69, 9.17) is 4.74 Å². The zero-order chi connectivity index (χ0) is 20.2. The molecule has 3 heterocycles. The summed E-state index contributed by atoms with van der Waals surface area (Å²) >= 11 is 0. The van der Waals surface area contributed by atoms with Gasteiger partial charge in [-0.2, -0.15) is 5.10 Å². The number of urea groups is 1. The molecule has 0 aliphatic carbocycles. The summed E-state index contributed by atoms with van der Waals surface area (Å²) in [5.74, 6) is 1.28. The van der Waals surface area contributed by atoms with Gasteiger partial charge in [0.05, 0.1) is 24.5 Å².